The van der Waals surface area contributed by atoms with Gasteiger partial charge in [0.2, 0.25) is 0 Å². The van der Waals surface area contributed by atoms with Gasteiger partial charge in [0.15, 0.2) is 0 Å². The number of unbranched alkanes of at least 4 members (excludes halogenated alkanes) is 10. The van der Waals surface area contributed by atoms with Crippen molar-refractivity contribution in [2.75, 3.05) is 38.0 Å². The minimum Gasteiger partial charge on any atom is -0.537 e. The van der Waals surface area contributed by atoms with Crippen LogP contribution in [0.25, 0.3) is 11.1 Å². The van der Waals surface area contributed by atoms with E-state index in [2.05, 4.69) is 154 Å². The molecule has 1 N–H and O–H groups in total. The van der Waals surface area contributed by atoms with Gasteiger partial charge in [-0.15, -0.1) is 0 Å². The molecule has 6 rings (SSSR count). The summed E-state index contributed by atoms with van der Waals surface area (Å²) in [7, 11) is 8.71. The van der Waals surface area contributed by atoms with Crippen LogP contribution in [0, 0.1) is 0 Å². The van der Waals surface area contributed by atoms with Gasteiger partial charge in [0.25, 0.3) is 0 Å². The zero-order valence-corrected chi connectivity index (χ0v) is 41.8. The Hall–Kier alpha value is -5.58. The van der Waals surface area contributed by atoms with E-state index >= 15 is 0 Å². The Morgan fingerprint density at radius 3 is 1.11 bits per heavy atom. The molecular weight excluding hydrogens is 879 g/mol. The van der Waals surface area contributed by atoms with Crippen LogP contribution in [0.15, 0.2) is 171 Å². The van der Waals surface area contributed by atoms with Gasteiger partial charge in [0.1, 0.15) is 5.75 Å². The van der Waals surface area contributed by atoms with Gasteiger partial charge in [-0.3, -0.25) is 0 Å². The van der Waals surface area contributed by atoms with E-state index in [0.29, 0.717) is 13.4 Å². The first kappa shape index (κ1) is 53.0. The van der Waals surface area contributed by atoms with E-state index in [4.69, 9.17) is 9.68 Å². The van der Waals surface area contributed by atoms with Crippen molar-refractivity contribution in [1.82, 2.24) is 0 Å². The number of azo groups is 2. The molecule has 10 heteroatoms. The van der Waals surface area contributed by atoms with Crippen LogP contribution >= 0.6 is 15.9 Å². The fraction of sp³-hybridized carbons (Fsp3) is 0.357. The minimum absolute atomic E-state index is 0.628. The van der Waals surface area contributed by atoms with E-state index in [0.717, 1.165) is 45.8 Å². The maximum Gasteiger partial charge on any atom is 0.569 e. The van der Waals surface area contributed by atoms with Crippen molar-refractivity contribution in [3.05, 3.63) is 161 Å². The molecule has 6 aromatic carbocycles. The Morgan fingerprint density at radius 2 is 0.742 bits per heavy atom. The second-order valence-corrected chi connectivity index (χ2v) is 17.8. The average Bonchev–Trinajstić information content (AvgIpc) is 3.34. The topological polar surface area (TPSA) is 85.4 Å². The highest BCUT2D eigenvalue weighted by molar-refractivity contribution is 9.10. The third-order valence-corrected chi connectivity index (χ3v) is 11.6. The lowest BCUT2D eigenvalue weighted by Gasteiger charge is -2.12. The highest BCUT2D eigenvalue weighted by atomic mass is 79.9. The molecule has 0 spiro atoms. The fourth-order valence-corrected chi connectivity index (χ4v) is 7.24. The van der Waals surface area contributed by atoms with Crippen molar-refractivity contribution >= 4 is 57.7 Å². The zero-order chi connectivity index (χ0) is 47.2. The Morgan fingerprint density at radius 1 is 0.424 bits per heavy atom. The highest BCUT2D eigenvalue weighted by Crippen LogP contribution is 2.27. The number of nitrogens with zero attached hydrogens (tertiary/aromatic N) is 6. The summed E-state index contributed by atoms with van der Waals surface area (Å²) in [6.45, 7) is 4.52. The summed E-state index contributed by atoms with van der Waals surface area (Å²) in [6, 6.07) is 49.0. The van der Waals surface area contributed by atoms with Crippen molar-refractivity contribution in [1.29, 1.82) is 0 Å². The van der Waals surface area contributed by atoms with E-state index in [1.807, 2.05) is 67.5 Å². The van der Waals surface area contributed by atoms with Gasteiger partial charge in [-0.2, -0.15) is 20.5 Å². The standard InChI is InChI=1S/C28H35N3.C20H25BrN2.C8H11BNO2/c1-4-5-6-7-8-9-10-23-11-17-26(18-12-23)29-30-27-19-13-24(14-20-27)25-15-21-28(22-16-25)31(2)3;1-2-3-4-5-6-7-8-17-9-13-19(14-10-17)22-23-20-15-11-18(21)12-16-20;1-10(2)7-3-5-8(6-4-7)12-9-11/h11-22H,4-10H2,1-3H3;9-16H,2-8H2,1H3;3-6,11H,1-2H3. The molecule has 8 nitrogen and oxygen atoms in total. The molecule has 347 valence electrons. The third kappa shape index (κ3) is 21.2. The van der Waals surface area contributed by atoms with Crippen molar-refractivity contribution in [3.63, 3.8) is 0 Å². The largest absolute Gasteiger partial charge is 0.569 e. The minimum atomic E-state index is 0.628. The normalized spacial score (nSPS) is 10.8. The average molecular weight is 951 g/mol. The van der Waals surface area contributed by atoms with Crippen LogP contribution in [0.2, 0.25) is 0 Å². The maximum atomic E-state index is 8.34. The lowest BCUT2D eigenvalue weighted by Crippen LogP contribution is -2.08. The number of benzene rings is 6. The quantitative estimate of drug-likeness (QED) is 0.0394. The van der Waals surface area contributed by atoms with Crippen molar-refractivity contribution in [2.45, 2.75) is 104 Å². The van der Waals surface area contributed by atoms with E-state index < -0.39 is 0 Å². The SMILES string of the molecule is CCCCCCCCc1ccc(N=Nc2ccc(-c3ccc(N(C)C)cc3)cc2)cc1.CCCCCCCCc1ccc(N=Nc2ccc(Br)cc2)cc1.CN(C)c1ccc(O[B]O)cc1. The van der Waals surface area contributed by atoms with Crippen LogP contribution in [0.3, 0.4) is 0 Å². The number of halogens is 1. The van der Waals surface area contributed by atoms with Crippen LogP contribution in [0.1, 0.15) is 102 Å². The van der Waals surface area contributed by atoms with E-state index in [1.54, 1.807) is 12.1 Å². The molecule has 6 aromatic rings. The highest BCUT2D eigenvalue weighted by Gasteiger charge is 2.02. The van der Waals surface area contributed by atoms with Crippen LogP contribution in [-0.2, 0) is 12.8 Å². The first-order valence-electron chi connectivity index (χ1n) is 23.7. The molecule has 66 heavy (non-hydrogen) atoms. The van der Waals surface area contributed by atoms with Gasteiger partial charge in [-0.1, -0.05) is 143 Å². The third-order valence-electron chi connectivity index (χ3n) is 11.0. The predicted octanol–water partition coefficient (Wildman–Crippen LogP) is 17.2. The molecule has 0 aromatic heterocycles. The lowest BCUT2D eigenvalue weighted by atomic mass is 10.0. The summed E-state index contributed by atoms with van der Waals surface area (Å²) >= 11 is 3.42. The van der Waals surface area contributed by atoms with Crippen molar-refractivity contribution in [3.8, 4) is 16.9 Å². The predicted molar refractivity (Wildman–Crippen MR) is 285 cm³/mol. The van der Waals surface area contributed by atoms with Gasteiger partial charge in [-0.25, -0.2) is 0 Å². The molecule has 0 aliphatic carbocycles. The summed E-state index contributed by atoms with van der Waals surface area (Å²) < 4.78 is 5.80. The molecule has 0 aliphatic rings. The molecule has 0 amide bonds. The summed E-state index contributed by atoms with van der Waals surface area (Å²) in [5.41, 5.74) is 11.0. The summed E-state index contributed by atoms with van der Waals surface area (Å²) in [4.78, 5) is 4.10. The number of anilines is 2. The molecule has 0 unspecified atom stereocenters. The molecule has 0 bridgehead atoms. The number of hydrogen-bond acceptors (Lipinski definition) is 8. The van der Waals surface area contributed by atoms with Gasteiger partial charge in [0.05, 0.1) is 22.7 Å². The first-order chi connectivity index (χ1) is 32.2. The van der Waals surface area contributed by atoms with E-state index in [9.17, 15) is 0 Å². The Bertz CT molecular complexity index is 2230. The molecule has 0 saturated carbocycles. The molecule has 0 aliphatic heterocycles. The molecular formula is C56H71BBrN6O2. The lowest BCUT2D eigenvalue weighted by molar-refractivity contribution is 0.454. The smallest absolute Gasteiger partial charge is 0.537 e. The number of rotatable bonds is 23. The molecule has 0 saturated heterocycles. The zero-order valence-electron chi connectivity index (χ0n) is 40.2. The summed E-state index contributed by atoms with van der Waals surface area (Å²) in [5.74, 6) is 0.628. The maximum absolute atomic E-state index is 8.34. The van der Waals surface area contributed by atoms with E-state index in [1.165, 1.54) is 105 Å². The Labute approximate surface area is 405 Å². The molecule has 0 heterocycles. The Balaban J connectivity index is 0.000000238. The van der Waals surface area contributed by atoms with Crippen molar-refractivity contribution in [2.24, 2.45) is 20.5 Å². The second kappa shape index (κ2) is 31.4. The van der Waals surface area contributed by atoms with Gasteiger partial charge >= 0.3 is 7.69 Å². The summed E-state index contributed by atoms with van der Waals surface area (Å²) in [6.07, 6.45) is 18.4. The molecule has 0 fully saturated rings. The monoisotopic (exact) mass is 949 g/mol. The van der Waals surface area contributed by atoms with Crippen LogP contribution in [0.5, 0.6) is 5.75 Å². The van der Waals surface area contributed by atoms with Gasteiger partial charge < -0.3 is 19.5 Å². The Kier molecular flexibility index (Phi) is 25.2. The number of aryl methyl sites for hydroxylation is 2. The first-order valence-corrected chi connectivity index (χ1v) is 24.5. The summed E-state index contributed by atoms with van der Waals surface area (Å²) in [5, 5.41) is 25.7. The fourth-order valence-electron chi connectivity index (χ4n) is 6.97. The van der Waals surface area contributed by atoms with Crippen LogP contribution in [-0.4, -0.2) is 40.9 Å². The van der Waals surface area contributed by atoms with Crippen LogP contribution in [0.4, 0.5) is 34.1 Å². The second-order valence-electron chi connectivity index (χ2n) is 16.8. The number of hydrogen-bond donors (Lipinski definition) is 1. The van der Waals surface area contributed by atoms with Gasteiger partial charge in [-0.05, 0) is 145 Å². The van der Waals surface area contributed by atoms with Crippen LogP contribution < -0.4 is 14.5 Å². The van der Waals surface area contributed by atoms with Crippen molar-refractivity contribution < 1.29 is 9.68 Å². The molecule has 1 radical (unpaired) electrons. The van der Waals surface area contributed by atoms with E-state index in [-0.39, 0.29) is 0 Å². The van der Waals surface area contributed by atoms with Gasteiger partial charge in [0, 0.05) is 44.0 Å². The molecule has 0 atom stereocenters.